The lowest BCUT2D eigenvalue weighted by molar-refractivity contribution is -0.138. The highest BCUT2D eigenvalue weighted by Gasteiger charge is 2.28. The Balaban J connectivity index is 3.47. The second-order valence-electron chi connectivity index (χ2n) is 6.94. The van der Waals surface area contributed by atoms with E-state index in [0.717, 1.165) is 10.6 Å². The van der Waals surface area contributed by atoms with Gasteiger partial charge in [0.25, 0.3) is 0 Å². The van der Waals surface area contributed by atoms with Gasteiger partial charge < -0.3 is 5.11 Å². The second kappa shape index (κ2) is 14.9. The molecular formula is C20H36O2S2. The standard InChI is InChI=1S/C20H36O2S2/c1-4-5-6-7-8-9-10-11-12-13-14-15-16-17-18(23)24-20(2,3)19(21)22/h15-16H,4-14,17H2,1-3H3,(H,21,22). The first-order chi connectivity index (χ1) is 11.4. The summed E-state index contributed by atoms with van der Waals surface area (Å²) in [5.41, 5.74) is 0. The van der Waals surface area contributed by atoms with Gasteiger partial charge in [0.1, 0.15) is 4.75 Å². The summed E-state index contributed by atoms with van der Waals surface area (Å²) in [7, 11) is 0. The smallest absolute Gasteiger partial charge is 0.319 e. The van der Waals surface area contributed by atoms with E-state index in [1.807, 2.05) is 0 Å². The van der Waals surface area contributed by atoms with Gasteiger partial charge in [0.15, 0.2) is 0 Å². The zero-order valence-corrected chi connectivity index (χ0v) is 17.4. The molecule has 0 amide bonds. The second-order valence-corrected chi connectivity index (χ2v) is 9.40. The molecule has 0 aliphatic carbocycles. The van der Waals surface area contributed by atoms with Crippen molar-refractivity contribution >= 4 is 34.1 Å². The van der Waals surface area contributed by atoms with Crippen molar-refractivity contribution in [2.24, 2.45) is 0 Å². The van der Waals surface area contributed by atoms with Crippen LogP contribution in [-0.4, -0.2) is 20.0 Å². The van der Waals surface area contributed by atoms with Crippen LogP contribution in [0.3, 0.4) is 0 Å². The maximum Gasteiger partial charge on any atom is 0.319 e. The van der Waals surface area contributed by atoms with Crippen LogP contribution in [0.15, 0.2) is 12.2 Å². The molecule has 140 valence electrons. The van der Waals surface area contributed by atoms with Crippen LogP contribution >= 0.6 is 24.0 Å². The van der Waals surface area contributed by atoms with Gasteiger partial charge >= 0.3 is 5.97 Å². The number of aliphatic carboxylic acids is 1. The summed E-state index contributed by atoms with van der Waals surface area (Å²) in [6.45, 7) is 5.65. The molecule has 1 N–H and O–H groups in total. The molecule has 0 saturated carbocycles. The fourth-order valence-corrected chi connectivity index (χ4v) is 3.97. The van der Waals surface area contributed by atoms with E-state index in [2.05, 4.69) is 19.1 Å². The van der Waals surface area contributed by atoms with E-state index in [4.69, 9.17) is 17.3 Å². The molecule has 24 heavy (non-hydrogen) atoms. The van der Waals surface area contributed by atoms with Gasteiger partial charge in [0, 0.05) is 6.42 Å². The summed E-state index contributed by atoms with van der Waals surface area (Å²) in [5, 5.41) is 9.08. The number of thioether (sulfide) groups is 1. The van der Waals surface area contributed by atoms with Crippen molar-refractivity contribution in [2.75, 3.05) is 0 Å². The van der Waals surface area contributed by atoms with Crippen LogP contribution in [0.25, 0.3) is 0 Å². The highest BCUT2D eigenvalue weighted by molar-refractivity contribution is 8.24. The first kappa shape index (κ1) is 23.6. The zero-order valence-electron chi connectivity index (χ0n) is 15.8. The van der Waals surface area contributed by atoms with Crippen LogP contribution in [0.5, 0.6) is 0 Å². The number of rotatable bonds is 15. The van der Waals surface area contributed by atoms with Crippen molar-refractivity contribution in [3.05, 3.63) is 12.2 Å². The monoisotopic (exact) mass is 372 g/mol. The number of carboxylic acids is 1. The molecule has 0 aromatic heterocycles. The molecule has 0 rings (SSSR count). The number of thiocarbonyl (C=S) groups is 1. The first-order valence-electron chi connectivity index (χ1n) is 9.50. The van der Waals surface area contributed by atoms with Gasteiger partial charge in [-0.1, -0.05) is 89.1 Å². The minimum absolute atomic E-state index is 0.689. The van der Waals surface area contributed by atoms with Gasteiger partial charge in [-0.3, -0.25) is 4.79 Å². The lowest BCUT2D eigenvalue weighted by atomic mass is 10.1. The number of hydrogen-bond acceptors (Lipinski definition) is 3. The zero-order chi connectivity index (χ0) is 18.3. The molecule has 0 heterocycles. The van der Waals surface area contributed by atoms with Crippen molar-refractivity contribution in [1.82, 2.24) is 0 Å². The van der Waals surface area contributed by atoms with Crippen molar-refractivity contribution in [3.63, 3.8) is 0 Å². The molecule has 0 aliphatic rings. The fraction of sp³-hybridized carbons (Fsp3) is 0.800. The fourth-order valence-electron chi connectivity index (χ4n) is 2.42. The van der Waals surface area contributed by atoms with Gasteiger partial charge in [-0.15, -0.1) is 11.8 Å². The summed E-state index contributed by atoms with van der Waals surface area (Å²) in [6.07, 6.45) is 19.7. The maximum atomic E-state index is 11.0. The van der Waals surface area contributed by atoms with Gasteiger partial charge in [0.2, 0.25) is 0 Å². The van der Waals surface area contributed by atoms with Crippen molar-refractivity contribution in [3.8, 4) is 0 Å². The summed E-state index contributed by atoms with van der Waals surface area (Å²) in [6, 6.07) is 0. The normalized spacial score (nSPS) is 12.0. The average Bonchev–Trinajstić information content (AvgIpc) is 2.51. The number of carboxylic acid groups (broad SMARTS) is 1. The number of hydrogen-bond donors (Lipinski definition) is 1. The minimum atomic E-state index is -0.832. The molecular weight excluding hydrogens is 336 g/mol. The molecule has 0 fully saturated rings. The van der Waals surface area contributed by atoms with Crippen LogP contribution < -0.4 is 0 Å². The third-order valence-corrected chi connectivity index (χ3v) is 5.56. The molecule has 4 heteroatoms. The van der Waals surface area contributed by atoms with Crippen molar-refractivity contribution in [1.29, 1.82) is 0 Å². The Labute approximate surface area is 158 Å². The summed E-state index contributed by atoms with van der Waals surface area (Å²) < 4.78 is -0.0803. The van der Waals surface area contributed by atoms with E-state index >= 15 is 0 Å². The molecule has 0 atom stereocenters. The number of unbranched alkanes of at least 4 members (excludes halogenated alkanes) is 10. The Morgan fingerprint density at radius 1 is 0.958 bits per heavy atom. The summed E-state index contributed by atoms with van der Waals surface area (Å²) in [4.78, 5) is 11.0. The largest absolute Gasteiger partial charge is 0.480 e. The molecule has 2 nitrogen and oxygen atoms in total. The lowest BCUT2D eigenvalue weighted by Gasteiger charge is -2.17. The van der Waals surface area contributed by atoms with E-state index in [-0.39, 0.29) is 0 Å². The predicted molar refractivity (Wildman–Crippen MR) is 112 cm³/mol. The summed E-state index contributed by atoms with van der Waals surface area (Å²) >= 11 is 6.53. The third-order valence-electron chi connectivity index (χ3n) is 4.06. The van der Waals surface area contributed by atoms with Gasteiger partial charge in [-0.25, -0.2) is 0 Å². The molecule has 0 aromatic carbocycles. The van der Waals surface area contributed by atoms with Crippen LogP contribution in [0.2, 0.25) is 0 Å². The average molecular weight is 373 g/mol. The van der Waals surface area contributed by atoms with Gasteiger partial charge in [-0.05, 0) is 26.7 Å². The Kier molecular flexibility index (Phi) is 14.7. The van der Waals surface area contributed by atoms with E-state index in [1.165, 1.54) is 76.0 Å². The third kappa shape index (κ3) is 14.0. The molecule has 0 unspecified atom stereocenters. The van der Waals surface area contributed by atoms with Gasteiger partial charge in [-0.2, -0.15) is 0 Å². The highest BCUT2D eigenvalue weighted by Crippen LogP contribution is 2.27. The Morgan fingerprint density at radius 3 is 1.96 bits per heavy atom. The number of carbonyl (C=O) groups is 1. The lowest BCUT2D eigenvalue weighted by Crippen LogP contribution is -2.28. The molecule has 0 spiro atoms. The summed E-state index contributed by atoms with van der Waals surface area (Å²) in [5.74, 6) is -0.816. The molecule has 0 aliphatic heterocycles. The molecule has 0 aromatic rings. The van der Waals surface area contributed by atoms with Crippen LogP contribution in [-0.2, 0) is 4.79 Å². The molecule has 0 radical (unpaired) electrons. The predicted octanol–water partition coefficient (Wildman–Crippen LogP) is 7.17. The van der Waals surface area contributed by atoms with Gasteiger partial charge in [0.05, 0.1) is 4.20 Å². The Hall–Kier alpha value is -0.350. The van der Waals surface area contributed by atoms with Crippen molar-refractivity contribution < 1.29 is 9.90 Å². The van der Waals surface area contributed by atoms with E-state index < -0.39 is 10.7 Å². The first-order valence-corrected chi connectivity index (χ1v) is 10.7. The van der Waals surface area contributed by atoms with E-state index in [9.17, 15) is 4.79 Å². The number of allylic oxidation sites excluding steroid dienone is 2. The van der Waals surface area contributed by atoms with Crippen LogP contribution in [0.1, 0.15) is 97.8 Å². The Morgan fingerprint density at radius 2 is 1.46 bits per heavy atom. The maximum absolute atomic E-state index is 11.0. The highest BCUT2D eigenvalue weighted by atomic mass is 32.2. The molecule has 0 bridgehead atoms. The van der Waals surface area contributed by atoms with Crippen LogP contribution in [0, 0.1) is 0 Å². The van der Waals surface area contributed by atoms with E-state index in [1.54, 1.807) is 13.8 Å². The quantitative estimate of drug-likeness (QED) is 0.188. The van der Waals surface area contributed by atoms with Crippen LogP contribution in [0.4, 0.5) is 0 Å². The minimum Gasteiger partial charge on any atom is -0.480 e. The van der Waals surface area contributed by atoms with E-state index in [0.29, 0.717) is 6.42 Å². The van der Waals surface area contributed by atoms with Crippen molar-refractivity contribution in [2.45, 2.75) is 103 Å². The SMILES string of the molecule is CCCCCCCCCCCCC=CCC(=S)SC(C)(C)C(=O)O. The topological polar surface area (TPSA) is 37.3 Å². The Bertz CT molecular complexity index is 376. The molecule has 0 saturated heterocycles.